The van der Waals surface area contributed by atoms with E-state index in [1.807, 2.05) is 24.5 Å². The molecule has 4 aromatic rings. The first-order valence-electron chi connectivity index (χ1n) is 12.3. The van der Waals surface area contributed by atoms with Gasteiger partial charge in [-0.1, -0.05) is 17.3 Å². The Kier molecular flexibility index (Phi) is 5.53. The predicted octanol–water partition coefficient (Wildman–Crippen LogP) is 5.64. The highest BCUT2D eigenvalue weighted by Gasteiger charge is 2.32. The lowest BCUT2D eigenvalue weighted by Gasteiger charge is -2.35. The Labute approximate surface area is 204 Å². The molecular weight excluding hydrogens is 436 g/mol. The third-order valence-corrected chi connectivity index (χ3v) is 7.46. The number of carbonyl (C=O) groups excluding carboxylic acids is 1. The van der Waals surface area contributed by atoms with Gasteiger partial charge in [0.25, 0.3) is 5.89 Å². The molecule has 2 aromatic heterocycles. The van der Waals surface area contributed by atoms with Crippen LogP contribution in [-0.4, -0.2) is 27.5 Å². The Morgan fingerprint density at radius 1 is 0.971 bits per heavy atom. The first kappa shape index (κ1) is 21.9. The summed E-state index contributed by atoms with van der Waals surface area (Å²) in [5, 5.41) is 8.03. The van der Waals surface area contributed by atoms with Crippen LogP contribution in [0.15, 0.2) is 59.4 Å². The largest absolute Gasteiger partial charge is 0.334 e. The van der Waals surface area contributed by atoms with Crippen LogP contribution < -0.4 is 5.32 Å². The average Bonchev–Trinajstić information content (AvgIpc) is 3.48. The molecule has 6 rings (SSSR count). The van der Waals surface area contributed by atoms with Crippen molar-refractivity contribution in [2.24, 2.45) is 5.92 Å². The van der Waals surface area contributed by atoms with Crippen molar-refractivity contribution < 1.29 is 9.32 Å². The lowest BCUT2D eigenvalue weighted by molar-refractivity contribution is -0.113. The summed E-state index contributed by atoms with van der Waals surface area (Å²) in [6, 6.07) is 15.6. The fourth-order valence-corrected chi connectivity index (χ4v) is 5.64. The number of hydrogen-bond donors (Lipinski definition) is 1. The lowest BCUT2D eigenvalue weighted by atomic mass is 9.81. The second-order valence-electron chi connectivity index (χ2n) is 9.88. The Morgan fingerprint density at radius 3 is 2.49 bits per heavy atom. The zero-order chi connectivity index (χ0) is 23.9. The third-order valence-electron chi connectivity index (χ3n) is 7.46. The SMILES string of the molecule is Cc1cc(-c2nc(-c3ccc4c(c3)CCC4NC3CC(C=O)C3)no2)cc(C)c1-c1ccncc1. The molecule has 6 nitrogen and oxygen atoms in total. The van der Waals surface area contributed by atoms with Gasteiger partial charge in [-0.2, -0.15) is 4.98 Å². The van der Waals surface area contributed by atoms with Crippen LogP contribution in [0.4, 0.5) is 0 Å². The van der Waals surface area contributed by atoms with E-state index in [0.29, 0.717) is 23.8 Å². The number of hydrogen-bond acceptors (Lipinski definition) is 6. The van der Waals surface area contributed by atoms with E-state index in [-0.39, 0.29) is 5.92 Å². The second-order valence-corrected chi connectivity index (χ2v) is 9.88. The lowest BCUT2D eigenvalue weighted by Crippen LogP contribution is -2.43. The van der Waals surface area contributed by atoms with Gasteiger partial charge in [-0.15, -0.1) is 0 Å². The molecule has 1 saturated carbocycles. The summed E-state index contributed by atoms with van der Waals surface area (Å²) in [6.07, 6.45) is 8.76. The van der Waals surface area contributed by atoms with E-state index in [9.17, 15) is 4.79 Å². The number of nitrogens with zero attached hydrogens (tertiary/aromatic N) is 3. The Morgan fingerprint density at radius 2 is 1.74 bits per heavy atom. The number of rotatable bonds is 6. The number of pyridine rings is 1. The highest BCUT2D eigenvalue weighted by Crippen LogP contribution is 2.37. The molecule has 2 aliphatic carbocycles. The van der Waals surface area contributed by atoms with Gasteiger partial charge in [0.1, 0.15) is 6.29 Å². The van der Waals surface area contributed by atoms with E-state index in [1.54, 1.807) is 0 Å². The first-order valence-corrected chi connectivity index (χ1v) is 12.3. The molecule has 6 heteroatoms. The summed E-state index contributed by atoms with van der Waals surface area (Å²) in [5.74, 6) is 1.38. The van der Waals surface area contributed by atoms with E-state index in [1.165, 1.54) is 16.7 Å². The van der Waals surface area contributed by atoms with E-state index in [0.717, 1.165) is 59.8 Å². The summed E-state index contributed by atoms with van der Waals surface area (Å²) < 4.78 is 5.68. The van der Waals surface area contributed by atoms with Gasteiger partial charge in [-0.05, 0) is 103 Å². The number of aryl methyl sites for hydroxylation is 3. The Balaban J connectivity index is 1.22. The fourth-order valence-electron chi connectivity index (χ4n) is 5.64. The summed E-state index contributed by atoms with van der Waals surface area (Å²) in [6.45, 7) is 4.22. The molecule has 0 bridgehead atoms. The average molecular weight is 465 g/mol. The molecule has 0 aliphatic heterocycles. The molecular formula is C29H28N4O2. The summed E-state index contributed by atoms with van der Waals surface area (Å²) in [7, 11) is 0. The van der Waals surface area contributed by atoms with Gasteiger partial charge < -0.3 is 14.6 Å². The maximum Gasteiger partial charge on any atom is 0.258 e. The minimum atomic E-state index is 0.239. The van der Waals surface area contributed by atoms with Crippen LogP contribution in [-0.2, 0) is 11.2 Å². The number of benzene rings is 2. The van der Waals surface area contributed by atoms with Crippen LogP contribution in [0, 0.1) is 19.8 Å². The number of nitrogens with one attached hydrogen (secondary N) is 1. The van der Waals surface area contributed by atoms with Gasteiger partial charge in [-0.3, -0.25) is 4.98 Å². The quantitative estimate of drug-likeness (QED) is 0.372. The smallest absolute Gasteiger partial charge is 0.258 e. The summed E-state index contributed by atoms with van der Waals surface area (Å²) in [5.41, 5.74) is 9.28. The van der Waals surface area contributed by atoms with E-state index in [2.05, 4.69) is 59.6 Å². The van der Waals surface area contributed by atoms with Crippen LogP contribution in [0.1, 0.15) is 47.6 Å². The monoisotopic (exact) mass is 464 g/mol. The fraction of sp³-hybridized carbons (Fsp3) is 0.310. The topological polar surface area (TPSA) is 80.9 Å². The molecule has 2 aliphatic rings. The van der Waals surface area contributed by atoms with E-state index < -0.39 is 0 Å². The molecule has 0 saturated heterocycles. The minimum absolute atomic E-state index is 0.239. The standard InChI is InChI=1S/C29H28N4O2/c1-17-11-23(12-18(2)27(17)20-7-9-30-10-8-20)29-32-28(33-35-29)22-3-5-25-21(15-22)4-6-26(25)31-24-13-19(14-24)16-34/h3,5,7-12,15-16,19,24,26,31H,4,6,13-14H2,1-2H3. The molecule has 1 N–H and O–H groups in total. The third kappa shape index (κ3) is 4.08. The van der Waals surface area contributed by atoms with Crippen molar-refractivity contribution in [2.75, 3.05) is 0 Å². The maximum absolute atomic E-state index is 10.9. The van der Waals surface area contributed by atoms with Crippen molar-refractivity contribution in [3.05, 3.63) is 77.1 Å². The summed E-state index contributed by atoms with van der Waals surface area (Å²) >= 11 is 0. The molecule has 0 spiro atoms. The van der Waals surface area contributed by atoms with Gasteiger partial charge in [0.15, 0.2) is 0 Å². The van der Waals surface area contributed by atoms with Crippen molar-refractivity contribution in [3.8, 4) is 34.0 Å². The zero-order valence-electron chi connectivity index (χ0n) is 20.0. The highest BCUT2D eigenvalue weighted by atomic mass is 16.5. The van der Waals surface area contributed by atoms with Crippen LogP contribution in [0.5, 0.6) is 0 Å². The van der Waals surface area contributed by atoms with Crippen LogP contribution >= 0.6 is 0 Å². The molecule has 176 valence electrons. The summed E-state index contributed by atoms with van der Waals surface area (Å²) in [4.78, 5) is 19.8. The first-order chi connectivity index (χ1) is 17.1. The van der Waals surface area contributed by atoms with Gasteiger partial charge >= 0.3 is 0 Å². The highest BCUT2D eigenvalue weighted by molar-refractivity contribution is 5.75. The van der Waals surface area contributed by atoms with Crippen molar-refractivity contribution in [1.29, 1.82) is 0 Å². The zero-order valence-corrected chi connectivity index (χ0v) is 20.0. The van der Waals surface area contributed by atoms with Crippen molar-refractivity contribution >= 4 is 6.29 Å². The van der Waals surface area contributed by atoms with Gasteiger partial charge in [-0.25, -0.2) is 0 Å². The van der Waals surface area contributed by atoms with Gasteiger partial charge in [0, 0.05) is 41.5 Å². The molecule has 1 unspecified atom stereocenters. The van der Waals surface area contributed by atoms with Gasteiger partial charge in [0.05, 0.1) is 0 Å². The Hall–Kier alpha value is -3.64. The predicted molar refractivity (Wildman–Crippen MR) is 135 cm³/mol. The van der Waals surface area contributed by atoms with Crippen LogP contribution in [0.3, 0.4) is 0 Å². The molecule has 2 heterocycles. The number of aromatic nitrogens is 3. The van der Waals surface area contributed by atoms with Gasteiger partial charge in [0.2, 0.25) is 5.82 Å². The number of aldehydes is 1. The number of carbonyl (C=O) groups is 1. The molecule has 2 aromatic carbocycles. The number of fused-ring (bicyclic) bond motifs is 1. The molecule has 0 amide bonds. The van der Waals surface area contributed by atoms with E-state index >= 15 is 0 Å². The van der Waals surface area contributed by atoms with Crippen molar-refractivity contribution in [2.45, 2.75) is 51.6 Å². The molecule has 1 atom stereocenters. The van der Waals surface area contributed by atoms with Crippen LogP contribution in [0.25, 0.3) is 34.0 Å². The van der Waals surface area contributed by atoms with Crippen molar-refractivity contribution in [1.82, 2.24) is 20.4 Å². The Bertz CT molecular complexity index is 1370. The van der Waals surface area contributed by atoms with Crippen LogP contribution in [0.2, 0.25) is 0 Å². The maximum atomic E-state index is 10.9. The van der Waals surface area contributed by atoms with E-state index in [4.69, 9.17) is 9.51 Å². The molecule has 1 fully saturated rings. The van der Waals surface area contributed by atoms with Crippen molar-refractivity contribution in [3.63, 3.8) is 0 Å². The second kappa shape index (κ2) is 8.86. The molecule has 35 heavy (non-hydrogen) atoms. The minimum Gasteiger partial charge on any atom is -0.334 e. The molecule has 0 radical (unpaired) electrons. The normalized spacial score (nSPS) is 20.9.